The smallest absolute Gasteiger partial charge is 0.161 e. The molecule has 1 fully saturated rings. The third kappa shape index (κ3) is 4.07. The third-order valence-corrected chi connectivity index (χ3v) is 3.86. The van der Waals surface area contributed by atoms with Crippen LogP contribution in [0.15, 0.2) is 36.6 Å². The molecule has 1 saturated heterocycles. The Kier molecular flexibility index (Phi) is 5.84. The zero-order chi connectivity index (χ0) is 17.9. The summed E-state index contributed by atoms with van der Waals surface area (Å²) >= 11 is 0. The number of allylic oxidation sites excluding steroid dienone is 1. The van der Waals surface area contributed by atoms with E-state index in [9.17, 15) is 20.4 Å². The largest absolute Gasteiger partial charge is 0.504 e. The van der Waals surface area contributed by atoms with Gasteiger partial charge in [0.25, 0.3) is 0 Å². The highest BCUT2D eigenvalue weighted by molar-refractivity contribution is 5.57. The molecule has 1 heterocycles. The van der Waals surface area contributed by atoms with Crippen LogP contribution in [-0.2, 0) is 4.74 Å². The molecule has 1 aromatic carbocycles. The van der Waals surface area contributed by atoms with Gasteiger partial charge >= 0.3 is 0 Å². The van der Waals surface area contributed by atoms with Crippen LogP contribution in [0.4, 0.5) is 0 Å². The molecule has 5 N–H and O–H groups in total. The average Bonchev–Trinajstić information content (AvgIpc) is 2.57. The van der Waals surface area contributed by atoms with Crippen LogP contribution in [-0.4, -0.2) is 58.2 Å². The zero-order valence-electron chi connectivity index (χ0n) is 13.6. The van der Waals surface area contributed by atoms with Gasteiger partial charge in [-0.2, -0.15) is 0 Å². The topological polar surface area (TPSA) is 111 Å². The van der Waals surface area contributed by atoms with Crippen LogP contribution in [0.1, 0.15) is 12.5 Å². The Bertz CT molecular complexity index is 617. The third-order valence-electron chi connectivity index (χ3n) is 3.86. The van der Waals surface area contributed by atoms with Gasteiger partial charge < -0.3 is 35.2 Å². The molecule has 5 unspecified atom stereocenters. The Morgan fingerprint density at radius 3 is 2.62 bits per heavy atom. The molecule has 1 aliphatic rings. The second kappa shape index (κ2) is 7.67. The highest BCUT2D eigenvalue weighted by atomic mass is 16.5. The Balaban J connectivity index is 2.00. The minimum Gasteiger partial charge on any atom is -0.504 e. The van der Waals surface area contributed by atoms with Crippen molar-refractivity contribution in [3.8, 4) is 11.5 Å². The van der Waals surface area contributed by atoms with Crippen molar-refractivity contribution in [2.75, 3.05) is 7.11 Å². The fraction of sp³-hybridized carbons (Fsp3) is 0.412. The number of phenols is 1. The highest BCUT2D eigenvalue weighted by Gasteiger charge is 2.41. The summed E-state index contributed by atoms with van der Waals surface area (Å²) in [5.41, 5.74) is 1.23. The van der Waals surface area contributed by atoms with Gasteiger partial charge in [-0.15, -0.1) is 0 Å². The fourth-order valence-corrected chi connectivity index (χ4v) is 2.40. The molecular weight excluding hydrogens is 314 g/mol. The quantitative estimate of drug-likeness (QED) is 0.493. The first-order valence-corrected chi connectivity index (χ1v) is 7.53. The molecule has 132 valence electrons. The molecule has 2 rings (SSSR count). The van der Waals surface area contributed by atoms with Gasteiger partial charge in [0.2, 0.25) is 0 Å². The number of aliphatic hydroxyl groups is 3. The van der Waals surface area contributed by atoms with E-state index in [2.05, 4.69) is 11.9 Å². The second-order valence-electron chi connectivity index (χ2n) is 5.67. The van der Waals surface area contributed by atoms with Crippen molar-refractivity contribution in [3.05, 3.63) is 42.1 Å². The van der Waals surface area contributed by atoms with Crippen molar-refractivity contribution in [2.45, 2.75) is 37.6 Å². The Morgan fingerprint density at radius 1 is 1.25 bits per heavy atom. The van der Waals surface area contributed by atoms with Gasteiger partial charge in [0, 0.05) is 5.70 Å². The minimum absolute atomic E-state index is 0.0480. The van der Waals surface area contributed by atoms with E-state index < -0.39 is 30.6 Å². The van der Waals surface area contributed by atoms with Gasteiger partial charge in [0.05, 0.1) is 13.2 Å². The molecular formula is C17H23NO6. The van der Waals surface area contributed by atoms with Gasteiger partial charge in [-0.1, -0.05) is 18.7 Å². The number of phenolic OH excluding ortho intramolecular Hbond substituents is 1. The number of hydrogen-bond acceptors (Lipinski definition) is 7. The predicted molar refractivity (Wildman–Crippen MR) is 88.3 cm³/mol. The molecule has 0 spiro atoms. The van der Waals surface area contributed by atoms with Crippen LogP contribution >= 0.6 is 0 Å². The lowest BCUT2D eigenvalue weighted by molar-refractivity contribution is -0.222. The maximum absolute atomic E-state index is 9.95. The lowest BCUT2D eigenvalue weighted by atomic mass is 9.99. The van der Waals surface area contributed by atoms with Crippen LogP contribution in [0.25, 0.3) is 6.08 Å². The number of rotatable bonds is 5. The fourth-order valence-electron chi connectivity index (χ4n) is 2.40. The lowest BCUT2D eigenvalue weighted by Gasteiger charge is -2.39. The van der Waals surface area contributed by atoms with E-state index in [0.29, 0.717) is 11.4 Å². The van der Waals surface area contributed by atoms with Crippen molar-refractivity contribution in [1.82, 2.24) is 5.32 Å². The molecule has 1 aliphatic heterocycles. The van der Waals surface area contributed by atoms with Gasteiger partial charge in [-0.25, -0.2) is 0 Å². The van der Waals surface area contributed by atoms with Gasteiger partial charge in [-0.3, -0.25) is 0 Å². The molecule has 7 heteroatoms. The summed E-state index contributed by atoms with van der Waals surface area (Å²) in [6, 6.07) is 4.88. The van der Waals surface area contributed by atoms with Crippen molar-refractivity contribution >= 4 is 6.08 Å². The van der Waals surface area contributed by atoms with E-state index in [1.165, 1.54) is 13.2 Å². The second-order valence-corrected chi connectivity index (χ2v) is 5.67. The zero-order valence-corrected chi connectivity index (χ0v) is 13.6. The van der Waals surface area contributed by atoms with E-state index in [1.54, 1.807) is 31.2 Å². The Labute approximate surface area is 140 Å². The first kappa shape index (κ1) is 18.3. The molecule has 0 aromatic heterocycles. The van der Waals surface area contributed by atoms with E-state index in [-0.39, 0.29) is 5.75 Å². The van der Waals surface area contributed by atoms with E-state index in [4.69, 9.17) is 9.47 Å². The first-order valence-electron chi connectivity index (χ1n) is 7.53. The molecule has 5 atom stereocenters. The molecule has 0 amide bonds. The summed E-state index contributed by atoms with van der Waals surface area (Å²) < 4.78 is 10.5. The lowest BCUT2D eigenvalue weighted by Crippen LogP contribution is -2.60. The van der Waals surface area contributed by atoms with Crippen LogP contribution in [0.3, 0.4) is 0 Å². The van der Waals surface area contributed by atoms with Gasteiger partial charge in [0.15, 0.2) is 17.7 Å². The molecule has 1 aromatic rings. The molecule has 7 nitrogen and oxygen atoms in total. The minimum atomic E-state index is -1.30. The number of aliphatic hydroxyl groups excluding tert-OH is 3. The summed E-state index contributed by atoms with van der Waals surface area (Å²) in [4.78, 5) is 0. The maximum Gasteiger partial charge on any atom is 0.161 e. The number of ether oxygens (including phenoxy) is 2. The maximum atomic E-state index is 9.95. The first-order chi connectivity index (χ1) is 11.3. The number of methoxy groups -OCH3 is 1. The standard InChI is InChI=1S/C17H23NO6/c1-9(4-5-11-6-7-12(19)13(8-11)23-3)18-17-16(22)15(21)14(20)10(2)24-17/h4-8,10,14-22H,1H2,2-3H3/b5-4+. The molecule has 24 heavy (non-hydrogen) atoms. The van der Waals surface area contributed by atoms with E-state index >= 15 is 0 Å². The number of aromatic hydroxyl groups is 1. The SMILES string of the molecule is C=C(/C=C/c1ccc(O)c(OC)c1)NC1OC(C)C(O)C(O)C1O. The van der Waals surface area contributed by atoms with Crippen molar-refractivity contribution < 1.29 is 29.9 Å². The Morgan fingerprint density at radius 2 is 1.96 bits per heavy atom. The summed E-state index contributed by atoms with van der Waals surface area (Å²) in [7, 11) is 1.46. The summed E-state index contributed by atoms with van der Waals surface area (Å²) in [5, 5.41) is 41.8. The Hall–Kier alpha value is -2.06. The van der Waals surface area contributed by atoms with Crippen molar-refractivity contribution in [3.63, 3.8) is 0 Å². The molecule has 0 bridgehead atoms. The molecule has 0 saturated carbocycles. The van der Waals surface area contributed by atoms with E-state index in [1.807, 2.05) is 0 Å². The van der Waals surface area contributed by atoms with Crippen LogP contribution in [0.2, 0.25) is 0 Å². The normalized spacial score (nSPS) is 30.3. The van der Waals surface area contributed by atoms with Crippen LogP contribution in [0.5, 0.6) is 11.5 Å². The number of benzene rings is 1. The van der Waals surface area contributed by atoms with Gasteiger partial charge in [-0.05, 0) is 30.7 Å². The molecule has 0 radical (unpaired) electrons. The predicted octanol–water partition coefficient (Wildman–Crippen LogP) is 0.345. The molecule has 0 aliphatic carbocycles. The summed E-state index contributed by atoms with van der Waals surface area (Å²) in [5.74, 6) is 0.402. The average molecular weight is 337 g/mol. The number of hydrogen-bond donors (Lipinski definition) is 5. The van der Waals surface area contributed by atoms with Crippen LogP contribution < -0.4 is 10.1 Å². The van der Waals surface area contributed by atoms with Crippen LogP contribution in [0, 0.1) is 0 Å². The van der Waals surface area contributed by atoms with E-state index in [0.717, 1.165) is 5.56 Å². The van der Waals surface area contributed by atoms with Gasteiger partial charge in [0.1, 0.15) is 18.3 Å². The van der Waals surface area contributed by atoms with Crippen molar-refractivity contribution in [2.24, 2.45) is 0 Å². The summed E-state index contributed by atoms with van der Waals surface area (Å²) in [6.45, 7) is 5.42. The number of nitrogens with one attached hydrogen (secondary N) is 1. The van der Waals surface area contributed by atoms with Crippen molar-refractivity contribution in [1.29, 1.82) is 0 Å². The monoisotopic (exact) mass is 337 g/mol. The summed E-state index contributed by atoms with van der Waals surface area (Å²) in [6.07, 6.45) is -1.85. The highest BCUT2D eigenvalue weighted by Crippen LogP contribution is 2.27.